The maximum absolute atomic E-state index is 12.7. The van der Waals surface area contributed by atoms with Crippen molar-refractivity contribution in [3.05, 3.63) is 35.9 Å². The minimum Gasteiger partial charge on any atom is -0.393 e. The third kappa shape index (κ3) is 5.90. The van der Waals surface area contributed by atoms with E-state index in [9.17, 15) is 9.32 Å². The first-order valence-corrected chi connectivity index (χ1v) is 10.9. The van der Waals surface area contributed by atoms with Crippen molar-refractivity contribution >= 4 is 11.0 Å². The van der Waals surface area contributed by atoms with Crippen molar-refractivity contribution in [3.63, 3.8) is 0 Å². The fourth-order valence-corrected chi connectivity index (χ4v) is 4.88. The molecule has 0 heterocycles. The lowest BCUT2D eigenvalue weighted by Crippen LogP contribution is -2.50. The molecule has 3 nitrogen and oxygen atoms in total. The molecule has 0 amide bonds. The van der Waals surface area contributed by atoms with E-state index in [2.05, 4.69) is 35.9 Å². The number of aliphatic hydroxyl groups excluding tert-OH is 1. The Kier molecular flexibility index (Phi) is 7.66. The molecule has 0 saturated heterocycles. The van der Waals surface area contributed by atoms with Crippen LogP contribution in [0.2, 0.25) is 0 Å². The predicted octanol–water partition coefficient (Wildman–Crippen LogP) is 4.23. The number of rotatable bonds is 7. The summed E-state index contributed by atoms with van der Waals surface area (Å²) in [5.41, 5.74) is 1.30. The minimum atomic E-state index is -1.12. The van der Waals surface area contributed by atoms with Crippen molar-refractivity contribution in [1.82, 2.24) is 4.72 Å². The van der Waals surface area contributed by atoms with Gasteiger partial charge in [0.2, 0.25) is 0 Å². The molecular formula is C21H35NO2S. The fraction of sp³-hybridized carbons (Fsp3) is 0.714. The van der Waals surface area contributed by atoms with Crippen LogP contribution < -0.4 is 4.72 Å². The number of benzene rings is 1. The summed E-state index contributed by atoms with van der Waals surface area (Å²) in [6.45, 7) is 8.21. The van der Waals surface area contributed by atoms with Gasteiger partial charge < -0.3 is 5.11 Å². The molecule has 0 aliphatic heterocycles. The van der Waals surface area contributed by atoms with Gasteiger partial charge in [-0.05, 0) is 57.9 Å². The average Bonchev–Trinajstić information content (AvgIpc) is 2.58. The lowest BCUT2D eigenvalue weighted by atomic mass is 9.71. The van der Waals surface area contributed by atoms with Crippen molar-refractivity contribution in [1.29, 1.82) is 0 Å². The van der Waals surface area contributed by atoms with E-state index >= 15 is 0 Å². The van der Waals surface area contributed by atoms with E-state index in [4.69, 9.17) is 0 Å². The van der Waals surface area contributed by atoms with Gasteiger partial charge in [-0.15, -0.1) is 0 Å². The normalized spacial score (nSPS) is 27.0. The Labute approximate surface area is 156 Å². The Morgan fingerprint density at radius 3 is 2.52 bits per heavy atom. The summed E-state index contributed by atoms with van der Waals surface area (Å²) in [6.07, 6.45) is 5.78. The van der Waals surface area contributed by atoms with Crippen molar-refractivity contribution in [2.45, 2.75) is 83.1 Å². The molecular weight excluding hydrogens is 330 g/mol. The first kappa shape index (κ1) is 20.6. The van der Waals surface area contributed by atoms with E-state index in [0.717, 1.165) is 32.1 Å². The molecule has 1 aliphatic carbocycles. The number of hydrogen-bond acceptors (Lipinski definition) is 2. The van der Waals surface area contributed by atoms with Crippen LogP contribution in [0.3, 0.4) is 0 Å². The van der Waals surface area contributed by atoms with Gasteiger partial charge >= 0.3 is 0 Å². The average molecular weight is 366 g/mol. The highest BCUT2D eigenvalue weighted by Crippen LogP contribution is 2.36. The summed E-state index contributed by atoms with van der Waals surface area (Å²) in [4.78, 5) is 0. The van der Waals surface area contributed by atoms with Gasteiger partial charge in [0.25, 0.3) is 0 Å². The maximum atomic E-state index is 12.7. The predicted molar refractivity (Wildman–Crippen MR) is 107 cm³/mol. The summed E-state index contributed by atoms with van der Waals surface area (Å²) >= 11 is 0. The largest absolute Gasteiger partial charge is 0.393 e. The Morgan fingerprint density at radius 1 is 1.24 bits per heavy atom. The molecule has 0 spiro atoms. The molecule has 1 aromatic rings. The van der Waals surface area contributed by atoms with Gasteiger partial charge in [0, 0.05) is 12.0 Å². The van der Waals surface area contributed by atoms with Crippen molar-refractivity contribution < 1.29 is 9.32 Å². The summed E-state index contributed by atoms with van der Waals surface area (Å²) in [6, 6.07) is 10.5. The molecule has 25 heavy (non-hydrogen) atoms. The third-order valence-electron chi connectivity index (χ3n) is 5.45. The van der Waals surface area contributed by atoms with E-state index < -0.39 is 11.0 Å². The molecule has 1 fully saturated rings. The zero-order chi connectivity index (χ0) is 18.4. The molecule has 1 aliphatic rings. The molecule has 0 aromatic heterocycles. The van der Waals surface area contributed by atoms with E-state index in [1.54, 1.807) is 0 Å². The molecule has 142 valence electrons. The third-order valence-corrected chi connectivity index (χ3v) is 7.08. The number of aryl methyl sites for hydroxylation is 1. The molecule has 2 N–H and O–H groups in total. The molecule has 4 heteroatoms. The molecule has 1 unspecified atom stereocenters. The Morgan fingerprint density at radius 2 is 1.92 bits per heavy atom. The van der Waals surface area contributed by atoms with Gasteiger partial charge in [-0.2, -0.15) is 0 Å². The van der Waals surface area contributed by atoms with Crippen molar-refractivity contribution in [3.8, 4) is 0 Å². The van der Waals surface area contributed by atoms with Crippen LogP contribution in [-0.2, 0) is 17.4 Å². The Hall–Kier alpha value is -0.710. The second-order valence-electron chi connectivity index (χ2n) is 8.37. The van der Waals surface area contributed by atoms with E-state index in [0.29, 0.717) is 5.92 Å². The SMILES string of the molecule is CC[C@@H]1CCC[C@@H](O)[C@H]1[C@H](CCc1ccccc1)NS(=O)C(C)(C)C. The molecule has 2 rings (SSSR count). The second kappa shape index (κ2) is 9.29. The lowest BCUT2D eigenvalue weighted by molar-refractivity contribution is 0.0123. The highest BCUT2D eigenvalue weighted by Gasteiger charge is 2.38. The standard InChI is InChI=1S/C21H35NO2S/c1-5-17-12-9-13-19(23)20(17)18(22-25(24)21(2,3)4)15-14-16-10-7-6-8-11-16/h6-8,10-11,17-20,22-23H,5,9,12-15H2,1-4H3/t17-,18+,19-,20-,25?/m1/s1. The molecule has 0 radical (unpaired) electrons. The minimum absolute atomic E-state index is 0.0838. The van der Waals surface area contributed by atoms with Crippen LogP contribution in [-0.4, -0.2) is 26.2 Å². The molecule has 1 aromatic carbocycles. The summed E-state index contributed by atoms with van der Waals surface area (Å²) < 4.78 is 15.9. The maximum Gasteiger partial charge on any atom is 0.0972 e. The van der Waals surface area contributed by atoms with Crippen LogP contribution in [0, 0.1) is 11.8 Å². The van der Waals surface area contributed by atoms with Crippen molar-refractivity contribution in [2.75, 3.05) is 0 Å². The Balaban J connectivity index is 2.16. The van der Waals surface area contributed by atoms with Crippen LogP contribution in [0.1, 0.15) is 65.4 Å². The number of aliphatic hydroxyl groups is 1. The van der Waals surface area contributed by atoms with E-state index in [1.165, 1.54) is 12.0 Å². The van der Waals surface area contributed by atoms with Crippen LogP contribution in [0.4, 0.5) is 0 Å². The van der Waals surface area contributed by atoms with Crippen LogP contribution in [0.25, 0.3) is 0 Å². The highest BCUT2D eigenvalue weighted by atomic mass is 32.2. The second-order valence-corrected chi connectivity index (χ2v) is 10.4. The fourth-order valence-electron chi connectivity index (χ4n) is 3.97. The number of hydrogen-bond donors (Lipinski definition) is 2. The van der Waals surface area contributed by atoms with Gasteiger partial charge in [0.1, 0.15) is 0 Å². The zero-order valence-corrected chi connectivity index (χ0v) is 17.0. The smallest absolute Gasteiger partial charge is 0.0972 e. The lowest BCUT2D eigenvalue weighted by Gasteiger charge is -2.41. The molecule has 1 saturated carbocycles. The van der Waals surface area contributed by atoms with Crippen LogP contribution >= 0.6 is 0 Å². The summed E-state index contributed by atoms with van der Waals surface area (Å²) in [5, 5.41) is 10.7. The number of nitrogens with one attached hydrogen (secondary N) is 1. The van der Waals surface area contributed by atoms with Crippen molar-refractivity contribution in [2.24, 2.45) is 11.8 Å². The van der Waals surface area contributed by atoms with E-state index in [-0.39, 0.29) is 22.8 Å². The zero-order valence-electron chi connectivity index (χ0n) is 16.2. The van der Waals surface area contributed by atoms with E-state index in [1.807, 2.05) is 26.8 Å². The van der Waals surface area contributed by atoms with Gasteiger partial charge in [0.15, 0.2) is 0 Å². The van der Waals surface area contributed by atoms with Gasteiger partial charge in [-0.1, -0.05) is 50.1 Å². The first-order valence-electron chi connectivity index (χ1n) is 9.73. The highest BCUT2D eigenvalue weighted by molar-refractivity contribution is 7.84. The molecule has 0 bridgehead atoms. The Bertz CT molecular complexity index is 541. The molecule has 5 atom stereocenters. The van der Waals surface area contributed by atoms with Crippen LogP contribution in [0.15, 0.2) is 30.3 Å². The van der Waals surface area contributed by atoms with Crippen LogP contribution in [0.5, 0.6) is 0 Å². The topological polar surface area (TPSA) is 49.3 Å². The quantitative estimate of drug-likeness (QED) is 0.760. The van der Waals surface area contributed by atoms with Gasteiger partial charge in [-0.25, -0.2) is 8.93 Å². The van der Waals surface area contributed by atoms with Gasteiger partial charge in [0.05, 0.1) is 21.8 Å². The summed E-state index contributed by atoms with van der Waals surface area (Å²) in [5.74, 6) is 0.697. The first-order chi connectivity index (χ1) is 11.8. The van der Waals surface area contributed by atoms with Gasteiger partial charge in [-0.3, -0.25) is 0 Å². The monoisotopic (exact) mass is 365 g/mol. The summed E-state index contributed by atoms with van der Waals surface area (Å²) in [7, 11) is -1.12.